The van der Waals surface area contributed by atoms with Crippen LogP contribution >= 0.6 is 0 Å². The van der Waals surface area contributed by atoms with Crippen molar-refractivity contribution in [3.63, 3.8) is 0 Å². The molecule has 0 radical (unpaired) electrons. The van der Waals surface area contributed by atoms with Gasteiger partial charge in [0.15, 0.2) is 0 Å². The summed E-state index contributed by atoms with van der Waals surface area (Å²) in [5.74, 6) is -0.537. The van der Waals surface area contributed by atoms with E-state index in [1.54, 1.807) is 19.1 Å². The number of alkyl halides is 3. The van der Waals surface area contributed by atoms with Gasteiger partial charge in [-0.2, -0.15) is 18.3 Å². The van der Waals surface area contributed by atoms with Crippen LogP contribution in [0.1, 0.15) is 11.1 Å². The number of aryl methyl sites for hydroxylation is 1. The van der Waals surface area contributed by atoms with Gasteiger partial charge in [-0.15, -0.1) is 0 Å². The van der Waals surface area contributed by atoms with E-state index in [-0.39, 0.29) is 26.6 Å². The Bertz CT molecular complexity index is 1340. The zero-order chi connectivity index (χ0) is 21.7. The number of halogens is 4. The Kier molecular flexibility index (Phi) is 4.65. The lowest BCUT2D eigenvalue weighted by Gasteiger charge is -2.08. The van der Waals surface area contributed by atoms with Crippen LogP contribution in [0, 0.1) is 12.7 Å². The van der Waals surface area contributed by atoms with E-state index in [0.29, 0.717) is 0 Å². The number of pyridine rings is 1. The van der Waals surface area contributed by atoms with Crippen molar-refractivity contribution in [3.05, 3.63) is 83.8 Å². The molecular formula is C21H14F4N2O2S. The quantitative estimate of drug-likeness (QED) is 0.411. The fraction of sp³-hybridized carbons (Fsp3) is 0.0952. The molecule has 0 fully saturated rings. The molecule has 154 valence electrons. The van der Waals surface area contributed by atoms with Crippen LogP contribution in [0.25, 0.3) is 16.8 Å². The van der Waals surface area contributed by atoms with Crippen LogP contribution in [0.5, 0.6) is 0 Å². The summed E-state index contributed by atoms with van der Waals surface area (Å²) in [5.41, 5.74) is 0.0713. The molecule has 0 atom stereocenters. The highest BCUT2D eigenvalue weighted by Crippen LogP contribution is 2.36. The van der Waals surface area contributed by atoms with Gasteiger partial charge >= 0.3 is 6.18 Å². The fourth-order valence-electron chi connectivity index (χ4n) is 3.09. The molecule has 2 aromatic heterocycles. The molecular weight excluding hydrogens is 420 g/mol. The van der Waals surface area contributed by atoms with Gasteiger partial charge in [0, 0.05) is 11.8 Å². The molecule has 0 aliphatic carbocycles. The maximum atomic E-state index is 13.4. The number of sulfone groups is 1. The molecule has 4 aromatic rings. The predicted octanol–water partition coefficient (Wildman–Crippen LogP) is 5.30. The van der Waals surface area contributed by atoms with E-state index in [1.165, 1.54) is 24.3 Å². The summed E-state index contributed by atoms with van der Waals surface area (Å²) in [4.78, 5) is -0.266. The Hall–Kier alpha value is -3.20. The third kappa shape index (κ3) is 3.45. The van der Waals surface area contributed by atoms with Crippen molar-refractivity contribution in [1.82, 2.24) is 9.61 Å². The normalized spacial score (nSPS) is 12.4. The Morgan fingerprint density at radius 2 is 1.53 bits per heavy atom. The summed E-state index contributed by atoms with van der Waals surface area (Å²) in [6.07, 6.45) is -3.89. The fourth-order valence-corrected chi connectivity index (χ4v) is 4.67. The SMILES string of the molecule is Cc1ccc(S(=O)(=O)c2c(-c3ccc(F)cc3)nn3cc(C(F)(F)F)ccc23)cc1. The molecule has 0 aliphatic rings. The van der Waals surface area contributed by atoms with E-state index in [1.807, 2.05) is 0 Å². The van der Waals surface area contributed by atoms with Gasteiger partial charge < -0.3 is 0 Å². The first-order valence-corrected chi connectivity index (χ1v) is 10.2. The van der Waals surface area contributed by atoms with E-state index in [4.69, 9.17) is 0 Å². The maximum Gasteiger partial charge on any atom is 0.417 e. The lowest BCUT2D eigenvalue weighted by atomic mass is 10.1. The average molecular weight is 434 g/mol. The second-order valence-corrected chi connectivity index (χ2v) is 8.63. The Morgan fingerprint density at radius 1 is 0.900 bits per heavy atom. The van der Waals surface area contributed by atoms with Crippen molar-refractivity contribution in [1.29, 1.82) is 0 Å². The lowest BCUT2D eigenvalue weighted by Crippen LogP contribution is -2.07. The highest BCUT2D eigenvalue weighted by molar-refractivity contribution is 7.91. The molecule has 0 saturated heterocycles. The van der Waals surface area contributed by atoms with Gasteiger partial charge in [0.2, 0.25) is 9.84 Å². The van der Waals surface area contributed by atoms with Gasteiger partial charge in [-0.1, -0.05) is 17.7 Å². The van der Waals surface area contributed by atoms with Crippen LogP contribution in [0.15, 0.2) is 76.7 Å². The Morgan fingerprint density at radius 3 is 2.13 bits per heavy atom. The van der Waals surface area contributed by atoms with Gasteiger partial charge in [0.05, 0.1) is 16.0 Å². The van der Waals surface area contributed by atoms with Crippen LogP contribution in [-0.2, 0) is 16.0 Å². The summed E-state index contributed by atoms with van der Waals surface area (Å²) in [6, 6.07) is 12.9. The molecule has 4 rings (SSSR count). The van der Waals surface area contributed by atoms with Gasteiger partial charge in [0.25, 0.3) is 0 Å². The van der Waals surface area contributed by atoms with Crippen molar-refractivity contribution in [2.45, 2.75) is 22.9 Å². The van der Waals surface area contributed by atoms with Crippen molar-refractivity contribution in [2.75, 3.05) is 0 Å². The van der Waals surface area contributed by atoms with Crippen LogP contribution in [0.3, 0.4) is 0 Å². The number of hydrogen-bond acceptors (Lipinski definition) is 3. The topological polar surface area (TPSA) is 51.4 Å². The minimum absolute atomic E-state index is 0.0112. The van der Waals surface area contributed by atoms with Gasteiger partial charge in [-0.3, -0.25) is 0 Å². The standard InChI is InChI=1S/C21H14F4N2O2S/c1-13-2-9-17(10-3-13)30(28,29)20-18-11-6-15(21(23,24)25)12-27(18)26-19(20)14-4-7-16(22)8-5-14/h2-12H,1H3. The van der Waals surface area contributed by atoms with Crippen LogP contribution < -0.4 is 0 Å². The molecule has 0 aliphatic heterocycles. The number of nitrogens with zero attached hydrogens (tertiary/aromatic N) is 2. The summed E-state index contributed by atoms with van der Waals surface area (Å²) >= 11 is 0. The first-order chi connectivity index (χ1) is 14.1. The van der Waals surface area contributed by atoms with Crippen LogP contribution in [-0.4, -0.2) is 18.0 Å². The minimum Gasteiger partial charge on any atom is -0.238 e. The summed E-state index contributed by atoms with van der Waals surface area (Å²) in [7, 11) is -4.13. The summed E-state index contributed by atoms with van der Waals surface area (Å²) < 4.78 is 80.5. The van der Waals surface area contributed by atoms with Gasteiger partial charge in [-0.25, -0.2) is 17.3 Å². The zero-order valence-corrected chi connectivity index (χ0v) is 16.3. The van der Waals surface area contributed by atoms with E-state index in [2.05, 4.69) is 5.10 Å². The summed E-state index contributed by atoms with van der Waals surface area (Å²) in [6.45, 7) is 1.80. The third-order valence-corrected chi connectivity index (χ3v) is 6.46. The number of fused-ring (bicyclic) bond motifs is 1. The van der Waals surface area contributed by atoms with Gasteiger partial charge in [0.1, 0.15) is 16.4 Å². The van der Waals surface area contributed by atoms with E-state index >= 15 is 0 Å². The first kappa shape index (κ1) is 20.1. The van der Waals surface area contributed by atoms with Gasteiger partial charge in [-0.05, 0) is 55.5 Å². The molecule has 30 heavy (non-hydrogen) atoms. The second-order valence-electron chi connectivity index (χ2n) is 6.75. The molecule has 0 unspecified atom stereocenters. The third-order valence-electron chi connectivity index (χ3n) is 4.63. The number of benzene rings is 2. The smallest absolute Gasteiger partial charge is 0.238 e. The summed E-state index contributed by atoms with van der Waals surface area (Å²) in [5, 5.41) is 4.11. The van der Waals surface area contributed by atoms with E-state index < -0.39 is 27.4 Å². The monoisotopic (exact) mass is 434 g/mol. The number of aromatic nitrogens is 2. The Balaban J connectivity index is 2.03. The predicted molar refractivity (Wildman–Crippen MR) is 102 cm³/mol. The molecule has 0 amide bonds. The molecule has 0 bridgehead atoms. The Labute approximate surface area is 169 Å². The first-order valence-electron chi connectivity index (χ1n) is 8.75. The largest absolute Gasteiger partial charge is 0.417 e. The van der Waals surface area contributed by atoms with Crippen molar-refractivity contribution < 1.29 is 26.0 Å². The minimum atomic E-state index is -4.62. The molecule has 9 heteroatoms. The lowest BCUT2D eigenvalue weighted by molar-refractivity contribution is -0.137. The average Bonchev–Trinajstić information content (AvgIpc) is 3.07. The van der Waals surface area contributed by atoms with Crippen LogP contribution in [0.2, 0.25) is 0 Å². The molecule has 0 N–H and O–H groups in total. The van der Waals surface area contributed by atoms with E-state index in [0.717, 1.165) is 40.5 Å². The molecule has 0 saturated carbocycles. The van der Waals surface area contributed by atoms with E-state index in [9.17, 15) is 26.0 Å². The second kappa shape index (κ2) is 6.94. The molecule has 2 aromatic carbocycles. The molecule has 2 heterocycles. The van der Waals surface area contributed by atoms with Crippen LogP contribution in [0.4, 0.5) is 17.6 Å². The van der Waals surface area contributed by atoms with Crippen molar-refractivity contribution in [2.24, 2.45) is 0 Å². The molecule has 4 nitrogen and oxygen atoms in total. The highest BCUT2D eigenvalue weighted by atomic mass is 32.2. The highest BCUT2D eigenvalue weighted by Gasteiger charge is 2.33. The number of rotatable bonds is 3. The molecule has 0 spiro atoms. The maximum absolute atomic E-state index is 13.4. The number of hydrogen-bond donors (Lipinski definition) is 0. The van der Waals surface area contributed by atoms with Crippen molar-refractivity contribution >= 4 is 15.4 Å². The van der Waals surface area contributed by atoms with Crippen molar-refractivity contribution in [3.8, 4) is 11.3 Å². The zero-order valence-electron chi connectivity index (χ0n) is 15.5.